The molecule has 0 amide bonds. The lowest BCUT2D eigenvalue weighted by Crippen LogP contribution is -2.09. The van der Waals surface area contributed by atoms with Crippen molar-refractivity contribution in [2.75, 3.05) is 13.7 Å². The molecule has 24 heavy (non-hydrogen) atoms. The molecular weight excluding hydrogens is 318 g/mol. The summed E-state index contributed by atoms with van der Waals surface area (Å²) in [5, 5.41) is 21.3. The summed E-state index contributed by atoms with van der Waals surface area (Å²) in [4.78, 5) is 21.8. The van der Waals surface area contributed by atoms with Gasteiger partial charge in [-0.1, -0.05) is 5.92 Å². The molecule has 1 N–H and O–H groups in total. The smallest absolute Gasteiger partial charge is 0.384 e. The monoisotopic (exact) mass is 337 g/mol. The Balaban J connectivity index is 3.30. The van der Waals surface area contributed by atoms with Crippen LogP contribution in [0.1, 0.15) is 32.4 Å². The van der Waals surface area contributed by atoms with Gasteiger partial charge in [-0.15, -0.1) is 0 Å². The molecule has 0 aromatic heterocycles. The van der Waals surface area contributed by atoms with E-state index in [2.05, 4.69) is 16.6 Å². The molecule has 1 atom stereocenters. The van der Waals surface area contributed by atoms with Gasteiger partial charge in [-0.25, -0.2) is 4.79 Å². The number of benzene rings is 1. The van der Waals surface area contributed by atoms with E-state index in [0.29, 0.717) is 0 Å². The first kappa shape index (κ1) is 19.3. The molecule has 130 valence electrons. The average molecular weight is 337 g/mol. The van der Waals surface area contributed by atoms with Crippen molar-refractivity contribution in [2.24, 2.45) is 0 Å². The molecule has 0 saturated carbocycles. The quantitative estimate of drug-likeness (QED) is 0.278. The predicted molar refractivity (Wildman–Crippen MR) is 84.8 cm³/mol. The lowest BCUT2D eigenvalue weighted by molar-refractivity contribution is -0.386. The van der Waals surface area contributed by atoms with Gasteiger partial charge in [0.25, 0.3) is 5.69 Å². The number of rotatable bonds is 6. The van der Waals surface area contributed by atoms with Crippen LogP contribution in [0.3, 0.4) is 0 Å². The second-order valence-corrected chi connectivity index (χ2v) is 4.88. The lowest BCUT2D eigenvalue weighted by Gasteiger charge is -2.15. The summed E-state index contributed by atoms with van der Waals surface area (Å²) in [5.74, 6) is 3.85. The van der Waals surface area contributed by atoms with Crippen molar-refractivity contribution in [1.29, 1.82) is 0 Å². The molecule has 0 aliphatic carbocycles. The third kappa shape index (κ3) is 5.14. The molecule has 0 aliphatic rings. The first-order valence-corrected chi connectivity index (χ1v) is 7.19. The number of ether oxygens (including phenoxy) is 3. The van der Waals surface area contributed by atoms with E-state index in [0.717, 1.165) is 6.07 Å². The highest BCUT2D eigenvalue weighted by Crippen LogP contribution is 2.37. The van der Waals surface area contributed by atoms with Gasteiger partial charge in [0.1, 0.15) is 6.10 Å². The predicted octanol–water partition coefficient (Wildman–Crippen LogP) is 1.99. The maximum atomic E-state index is 11.3. The van der Waals surface area contributed by atoms with E-state index in [1.54, 1.807) is 20.8 Å². The van der Waals surface area contributed by atoms with E-state index in [1.165, 1.54) is 13.2 Å². The minimum absolute atomic E-state index is 0.107. The minimum Gasteiger partial charge on any atom is -0.493 e. The highest BCUT2D eigenvalue weighted by Gasteiger charge is 2.24. The molecule has 0 bridgehead atoms. The Morgan fingerprint density at radius 2 is 2.04 bits per heavy atom. The number of methoxy groups -OCH3 is 1. The average Bonchev–Trinajstić information content (AvgIpc) is 2.51. The summed E-state index contributed by atoms with van der Waals surface area (Å²) in [6, 6.07) is 2.42. The van der Waals surface area contributed by atoms with Gasteiger partial charge in [0.15, 0.2) is 11.5 Å². The fourth-order valence-corrected chi connectivity index (χ4v) is 1.82. The molecule has 8 nitrogen and oxygen atoms in total. The normalized spacial score (nSPS) is 11.2. The number of carbonyl (C=O) groups is 1. The summed E-state index contributed by atoms with van der Waals surface area (Å²) in [5.41, 5.74) is -0.498. The standard InChI is InChI=1S/C16H19NO7/c1-5-23-16(19)7-6-13(18)11-8-14(22-4)15(24-10(2)3)9-12(11)17(20)21/h8-10,13,18H,5H2,1-4H3. The van der Waals surface area contributed by atoms with Crippen molar-refractivity contribution >= 4 is 11.7 Å². The third-order valence-electron chi connectivity index (χ3n) is 2.75. The fourth-order valence-electron chi connectivity index (χ4n) is 1.82. The van der Waals surface area contributed by atoms with Crippen molar-refractivity contribution in [2.45, 2.75) is 33.0 Å². The molecular formula is C16H19NO7. The van der Waals surface area contributed by atoms with Crippen LogP contribution in [0, 0.1) is 22.0 Å². The minimum atomic E-state index is -1.56. The van der Waals surface area contributed by atoms with Crippen molar-refractivity contribution in [3.8, 4) is 23.3 Å². The van der Waals surface area contributed by atoms with Crippen molar-refractivity contribution < 1.29 is 29.0 Å². The third-order valence-corrected chi connectivity index (χ3v) is 2.75. The topological polar surface area (TPSA) is 108 Å². The Morgan fingerprint density at radius 1 is 1.38 bits per heavy atom. The zero-order chi connectivity index (χ0) is 18.3. The van der Waals surface area contributed by atoms with E-state index in [9.17, 15) is 20.0 Å². The van der Waals surface area contributed by atoms with Crippen LogP contribution in [0.4, 0.5) is 5.69 Å². The summed E-state index contributed by atoms with van der Waals surface area (Å²) in [7, 11) is 1.37. The summed E-state index contributed by atoms with van der Waals surface area (Å²) >= 11 is 0. The number of carbonyl (C=O) groups excluding carboxylic acids is 1. The van der Waals surface area contributed by atoms with Crippen molar-refractivity contribution in [3.05, 3.63) is 27.8 Å². The van der Waals surface area contributed by atoms with Crippen molar-refractivity contribution in [3.63, 3.8) is 0 Å². The maximum absolute atomic E-state index is 11.3. The lowest BCUT2D eigenvalue weighted by atomic mass is 10.1. The SMILES string of the molecule is CCOC(=O)C#CC(O)c1cc(OC)c(OC(C)C)cc1[N+](=O)[O-]. The molecule has 0 spiro atoms. The molecule has 1 aromatic carbocycles. The Kier molecular flexibility index (Phi) is 7.01. The highest BCUT2D eigenvalue weighted by atomic mass is 16.6. The zero-order valence-electron chi connectivity index (χ0n) is 13.9. The maximum Gasteiger partial charge on any atom is 0.384 e. The number of aliphatic hydroxyl groups is 1. The summed E-state index contributed by atoms with van der Waals surface area (Å²) in [6.45, 7) is 5.27. The van der Waals surface area contributed by atoms with Crippen LogP contribution >= 0.6 is 0 Å². The van der Waals surface area contributed by atoms with Crippen LogP contribution in [0.25, 0.3) is 0 Å². The molecule has 8 heteroatoms. The number of esters is 1. The molecule has 0 aliphatic heterocycles. The Hall–Kier alpha value is -2.79. The highest BCUT2D eigenvalue weighted by molar-refractivity contribution is 5.88. The van der Waals surface area contributed by atoms with E-state index in [1.807, 2.05) is 0 Å². The van der Waals surface area contributed by atoms with Gasteiger partial charge in [-0.2, -0.15) is 0 Å². The van der Waals surface area contributed by atoms with Gasteiger partial charge < -0.3 is 19.3 Å². The van der Waals surface area contributed by atoms with E-state index >= 15 is 0 Å². The first-order chi connectivity index (χ1) is 11.3. The number of hydrogen-bond donors (Lipinski definition) is 1. The van der Waals surface area contributed by atoms with Crippen LogP contribution in [-0.2, 0) is 9.53 Å². The van der Waals surface area contributed by atoms with E-state index in [-0.39, 0.29) is 29.8 Å². The van der Waals surface area contributed by atoms with Crippen molar-refractivity contribution in [1.82, 2.24) is 0 Å². The molecule has 0 heterocycles. The van der Waals surface area contributed by atoms with Gasteiger partial charge in [-0.05, 0) is 26.8 Å². The number of hydrogen-bond acceptors (Lipinski definition) is 7. The molecule has 0 radical (unpaired) electrons. The molecule has 1 unspecified atom stereocenters. The van der Waals surface area contributed by atoms with Crippen LogP contribution in [0.15, 0.2) is 12.1 Å². The van der Waals surface area contributed by atoms with Gasteiger partial charge >= 0.3 is 5.97 Å². The van der Waals surface area contributed by atoms with E-state index in [4.69, 9.17) is 9.47 Å². The molecule has 0 saturated heterocycles. The molecule has 1 aromatic rings. The Labute approximate surface area is 139 Å². The fraction of sp³-hybridized carbons (Fsp3) is 0.438. The van der Waals surface area contributed by atoms with Gasteiger partial charge in [0.2, 0.25) is 0 Å². The Morgan fingerprint density at radius 3 is 2.54 bits per heavy atom. The number of nitrogens with zero attached hydrogens (tertiary/aromatic N) is 1. The zero-order valence-corrected chi connectivity index (χ0v) is 13.9. The molecule has 1 rings (SSSR count). The van der Waals surface area contributed by atoms with Crippen LogP contribution < -0.4 is 9.47 Å². The number of nitro groups is 1. The second kappa shape index (κ2) is 8.74. The van der Waals surface area contributed by atoms with Crippen LogP contribution in [-0.4, -0.2) is 35.8 Å². The number of nitro benzene ring substituents is 1. The Bertz CT molecular complexity index is 673. The van der Waals surface area contributed by atoms with Crippen LogP contribution in [0.2, 0.25) is 0 Å². The van der Waals surface area contributed by atoms with Gasteiger partial charge in [0, 0.05) is 5.92 Å². The second-order valence-electron chi connectivity index (χ2n) is 4.88. The van der Waals surface area contributed by atoms with Gasteiger partial charge in [0.05, 0.1) is 36.4 Å². The summed E-state index contributed by atoms with van der Waals surface area (Å²) < 4.78 is 15.2. The summed E-state index contributed by atoms with van der Waals surface area (Å²) in [6.07, 6.45) is -1.78. The van der Waals surface area contributed by atoms with Gasteiger partial charge in [-0.3, -0.25) is 10.1 Å². The van der Waals surface area contributed by atoms with E-state index < -0.39 is 22.7 Å². The first-order valence-electron chi connectivity index (χ1n) is 7.19. The molecule has 0 fully saturated rings. The largest absolute Gasteiger partial charge is 0.493 e. The van der Waals surface area contributed by atoms with Crippen LogP contribution in [0.5, 0.6) is 11.5 Å². The number of aliphatic hydroxyl groups excluding tert-OH is 1.